The molecule has 0 saturated carbocycles. The Morgan fingerprint density at radius 2 is 1.93 bits per heavy atom. The molecule has 1 saturated heterocycles. The molecule has 0 bridgehead atoms. The molecule has 0 aliphatic carbocycles. The molecule has 1 fully saturated rings. The molecular formula is C9H18N2O2S. The number of hydrogen-bond donors (Lipinski definition) is 0. The fraction of sp³-hybridized carbons (Fsp3) is 0.889. The minimum atomic E-state index is -0.309. The molecule has 1 rings (SSSR count). The first-order chi connectivity index (χ1) is 6.69. The third-order valence-electron chi connectivity index (χ3n) is 2.51. The van der Waals surface area contributed by atoms with Gasteiger partial charge in [-0.2, -0.15) is 0 Å². The van der Waals surface area contributed by atoms with Crippen molar-refractivity contribution in [2.24, 2.45) is 0 Å². The Balaban J connectivity index is 2.37. The number of amides is 1. The summed E-state index contributed by atoms with van der Waals surface area (Å²) in [7, 11) is 1.57. The van der Waals surface area contributed by atoms with Gasteiger partial charge in [-0.05, 0) is 13.2 Å². The lowest BCUT2D eigenvalue weighted by molar-refractivity contribution is -0.142. The van der Waals surface area contributed by atoms with Crippen molar-refractivity contribution < 1.29 is 9.53 Å². The van der Waals surface area contributed by atoms with Crippen molar-refractivity contribution >= 4 is 17.9 Å². The van der Waals surface area contributed by atoms with E-state index in [9.17, 15) is 4.79 Å². The number of nitrogens with zero attached hydrogens (tertiary/aromatic N) is 2. The first kappa shape index (κ1) is 11.8. The minimum Gasteiger partial charge on any atom is -0.372 e. The van der Waals surface area contributed by atoms with Crippen molar-refractivity contribution in [2.75, 3.05) is 39.5 Å². The molecule has 0 aromatic rings. The molecular weight excluding hydrogens is 200 g/mol. The molecule has 4 nitrogen and oxygen atoms in total. The Bertz CT molecular complexity index is 193. The molecule has 1 aliphatic rings. The molecule has 0 radical (unpaired) electrons. The molecule has 1 atom stereocenters. The maximum absolute atomic E-state index is 11.7. The number of piperazine rings is 1. The van der Waals surface area contributed by atoms with Crippen molar-refractivity contribution in [1.29, 1.82) is 0 Å². The van der Waals surface area contributed by atoms with Crippen LogP contribution in [0.3, 0.4) is 0 Å². The molecule has 82 valence electrons. The van der Waals surface area contributed by atoms with E-state index in [1.54, 1.807) is 26.0 Å². The summed E-state index contributed by atoms with van der Waals surface area (Å²) in [5.41, 5.74) is 0. The van der Waals surface area contributed by atoms with E-state index < -0.39 is 0 Å². The van der Waals surface area contributed by atoms with Gasteiger partial charge in [0.2, 0.25) is 0 Å². The van der Waals surface area contributed by atoms with E-state index in [1.807, 2.05) is 4.90 Å². The van der Waals surface area contributed by atoms with Crippen molar-refractivity contribution in [3.63, 3.8) is 0 Å². The highest BCUT2D eigenvalue weighted by Gasteiger charge is 2.24. The van der Waals surface area contributed by atoms with E-state index >= 15 is 0 Å². The quantitative estimate of drug-likeness (QED) is 0.644. The molecule has 1 unspecified atom stereocenters. The van der Waals surface area contributed by atoms with Crippen molar-refractivity contribution in [3.05, 3.63) is 0 Å². The maximum atomic E-state index is 11.7. The monoisotopic (exact) mass is 218 g/mol. The first-order valence-electron chi connectivity index (χ1n) is 4.79. The van der Waals surface area contributed by atoms with Crippen LogP contribution in [0.25, 0.3) is 0 Å². The topological polar surface area (TPSA) is 32.8 Å². The Morgan fingerprint density at radius 1 is 1.36 bits per heavy atom. The lowest BCUT2D eigenvalue weighted by atomic mass is 10.3. The highest BCUT2D eigenvalue weighted by atomic mass is 32.2. The summed E-state index contributed by atoms with van der Waals surface area (Å²) >= 11 is 1.74. The van der Waals surface area contributed by atoms with Crippen molar-refractivity contribution in [2.45, 2.75) is 13.0 Å². The Kier molecular flexibility index (Phi) is 4.71. The van der Waals surface area contributed by atoms with Crippen LogP contribution in [-0.4, -0.2) is 60.8 Å². The average Bonchev–Trinajstić information content (AvgIpc) is 2.27. The van der Waals surface area contributed by atoms with E-state index in [0.717, 1.165) is 26.2 Å². The van der Waals surface area contributed by atoms with Gasteiger partial charge in [0, 0.05) is 33.3 Å². The van der Waals surface area contributed by atoms with Gasteiger partial charge in [-0.3, -0.25) is 4.79 Å². The predicted octanol–water partition coefficient (Wildman–Crippen LogP) is 0.443. The van der Waals surface area contributed by atoms with Gasteiger partial charge in [-0.15, -0.1) is 0 Å². The Labute approximate surface area is 89.7 Å². The second-order valence-electron chi connectivity index (χ2n) is 3.31. The van der Waals surface area contributed by atoms with Crippen LogP contribution in [0, 0.1) is 0 Å². The van der Waals surface area contributed by atoms with Crippen LogP contribution in [0.4, 0.5) is 0 Å². The summed E-state index contributed by atoms with van der Waals surface area (Å²) in [6.45, 7) is 5.32. The highest BCUT2D eigenvalue weighted by molar-refractivity contribution is 7.96. The van der Waals surface area contributed by atoms with Gasteiger partial charge in [0.1, 0.15) is 6.10 Å². The van der Waals surface area contributed by atoms with E-state index in [4.69, 9.17) is 4.74 Å². The molecule has 1 heterocycles. The standard InChI is InChI=1S/C9H18N2O2S/c1-8(13-2)9(12)10-4-6-11(14-3)7-5-10/h8H,4-7H2,1-3H3. The summed E-state index contributed by atoms with van der Waals surface area (Å²) in [6, 6.07) is 0. The lowest BCUT2D eigenvalue weighted by Gasteiger charge is -2.34. The molecule has 0 aromatic heterocycles. The van der Waals surface area contributed by atoms with Crippen LogP contribution < -0.4 is 0 Å². The van der Waals surface area contributed by atoms with Gasteiger partial charge >= 0.3 is 0 Å². The number of ether oxygens (including phenoxy) is 1. The summed E-state index contributed by atoms with van der Waals surface area (Å²) in [5.74, 6) is 0.105. The molecule has 0 N–H and O–H groups in total. The van der Waals surface area contributed by atoms with Gasteiger partial charge in [-0.1, -0.05) is 11.9 Å². The zero-order valence-corrected chi connectivity index (χ0v) is 9.84. The van der Waals surface area contributed by atoms with E-state index in [-0.39, 0.29) is 12.0 Å². The van der Waals surface area contributed by atoms with Crippen LogP contribution in [0.2, 0.25) is 0 Å². The number of carbonyl (C=O) groups excluding carboxylic acids is 1. The summed E-state index contributed by atoms with van der Waals surface area (Å²) in [5, 5.41) is 0. The van der Waals surface area contributed by atoms with Crippen LogP contribution in [0.5, 0.6) is 0 Å². The molecule has 0 spiro atoms. The fourth-order valence-electron chi connectivity index (χ4n) is 1.45. The van der Waals surface area contributed by atoms with Crippen molar-refractivity contribution in [3.8, 4) is 0 Å². The van der Waals surface area contributed by atoms with Gasteiger partial charge in [0.05, 0.1) is 0 Å². The molecule has 0 aromatic carbocycles. The van der Waals surface area contributed by atoms with Gasteiger partial charge < -0.3 is 9.64 Å². The van der Waals surface area contributed by atoms with Crippen LogP contribution in [0.1, 0.15) is 6.92 Å². The number of rotatable bonds is 3. The predicted molar refractivity (Wildman–Crippen MR) is 58.1 cm³/mol. The van der Waals surface area contributed by atoms with Gasteiger partial charge in [0.15, 0.2) is 0 Å². The third-order valence-corrected chi connectivity index (χ3v) is 3.39. The minimum absolute atomic E-state index is 0.105. The smallest absolute Gasteiger partial charge is 0.251 e. The summed E-state index contributed by atoms with van der Waals surface area (Å²) in [6.07, 6.45) is 1.76. The van der Waals surface area contributed by atoms with Gasteiger partial charge in [-0.25, -0.2) is 4.31 Å². The second-order valence-corrected chi connectivity index (χ2v) is 4.20. The third kappa shape index (κ3) is 2.87. The number of hydrogen-bond acceptors (Lipinski definition) is 4. The summed E-state index contributed by atoms with van der Waals surface area (Å²) in [4.78, 5) is 13.6. The average molecular weight is 218 g/mol. The van der Waals surface area contributed by atoms with E-state index in [2.05, 4.69) is 10.6 Å². The van der Waals surface area contributed by atoms with E-state index in [1.165, 1.54) is 0 Å². The van der Waals surface area contributed by atoms with Crippen LogP contribution >= 0.6 is 11.9 Å². The summed E-state index contributed by atoms with van der Waals surface area (Å²) < 4.78 is 7.27. The number of carbonyl (C=O) groups is 1. The zero-order valence-electron chi connectivity index (χ0n) is 9.02. The zero-order chi connectivity index (χ0) is 10.6. The van der Waals surface area contributed by atoms with Crippen LogP contribution in [0.15, 0.2) is 0 Å². The SMILES string of the molecule is COC(C)C(=O)N1CCN(SC)CC1. The normalized spacial score (nSPS) is 20.9. The molecule has 1 aliphatic heterocycles. The largest absolute Gasteiger partial charge is 0.372 e. The highest BCUT2D eigenvalue weighted by Crippen LogP contribution is 2.11. The first-order valence-corrected chi connectivity index (χ1v) is 5.98. The van der Waals surface area contributed by atoms with Gasteiger partial charge in [0.25, 0.3) is 5.91 Å². The Morgan fingerprint density at radius 3 is 2.36 bits per heavy atom. The molecule has 5 heteroatoms. The second kappa shape index (κ2) is 5.58. The maximum Gasteiger partial charge on any atom is 0.251 e. The Hall–Kier alpha value is -0.260. The van der Waals surface area contributed by atoms with Crippen molar-refractivity contribution in [1.82, 2.24) is 9.21 Å². The van der Waals surface area contributed by atoms with E-state index in [0.29, 0.717) is 0 Å². The fourth-order valence-corrected chi connectivity index (χ4v) is 1.98. The number of methoxy groups -OCH3 is 1. The molecule has 14 heavy (non-hydrogen) atoms. The molecule has 1 amide bonds. The lowest BCUT2D eigenvalue weighted by Crippen LogP contribution is -2.49. The van der Waals surface area contributed by atoms with Crippen LogP contribution in [-0.2, 0) is 9.53 Å².